The summed E-state index contributed by atoms with van der Waals surface area (Å²) >= 11 is 3.41. The zero-order valence-electron chi connectivity index (χ0n) is 58.7. The topological polar surface area (TPSA) is 239 Å². The van der Waals surface area contributed by atoms with Crippen LogP contribution in [0.2, 0.25) is 0 Å². The standard InChI is InChI=1S/C16H16N3O3.C15H13BrN3O2.C15H14N3O2.C14H12N3O.C13H9N4.5CH3/c1-3-22-16(20)15-14-6-4-5-11-18(14)19(17-15)12-7-9-13(21-2)10-8-12;1-2-21-15(20)14-13-5-3-4-10-18(13)19(17-14)12-8-6-11(16)7-9-12;1-2-20-15(19)14-13-10-6-7-11-17(13)18(16-14)12-8-4-3-5-9-12;1-11(18)14-13-9-5-6-10-16(13)17(15-14)12-7-3-2-4-8-12;14-10-12-13-8-4-5-9-16(13)17(15-12)11-6-2-1-3-7-11;;;;;/h4-11H,3H2,1-2H3;3-10H,2H2,1H3;3-11H,2H2,1H3;2-10H,1H3;1-9H;5*1H3/q5*+1;5*-1. The summed E-state index contributed by atoms with van der Waals surface area (Å²) in [7, 11) is 1.62. The van der Waals surface area contributed by atoms with Crippen molar-refractivity contribution in [1.29, 1.82) is 5.26 Å². The number of carbonyl (C=O) groups is 4. The van der Waals surface area contributed by atoms with Crippen LogP contribution in [0.3, 0.4) is 0 Å². The fourth-order valence-electron chi connectivity index (χ4n) is 10.2. The van der Waals surface area contributed by atoms with Gasteiger partial charge in [-0.05, 0) is 190 Å². The summed E-state index contributed by atoms with van der Waals surface area (Å²) in [5.41, 5.74) is 9.96. The van der Waals surface area contributed by atoms with Crippen LogP contribution < -0.4 is 27.3 Å². The summed E-state index contributed by atoms with van der Waals surface area (Å²) in [5, 5.41) is 30.9. The Bertz CT molecular complexity index is 5330. The Hall–Kier alpha value is -13.0. The van der Waals surface area contributed by atoms with Gasteiger partial charge in [-0.15, -0.1) is 22.6 Å². The molecule has 15 aromatic rings. The highest BCUT2D eigenvalue weighted by molar-refractivity contribution is 9.10. The molecule has 25 heteroatoms. The van der Waals surface area contributed by atoms with E-state index < -0.39 is 17.9 Å². The Morgan fingerprint density at radius 2 is 0.631 bits per heavy atom. The minimum absolute atomic E-state index is 0. The molecule has 0 radical (unpaired) electrons. The van der Waals surface area contributed by atoms with E-state index in [9.17, 15) is 19.2 Å². The number of methoxy groups -OCH3 is 1. The second kappa shape index (κ2) is 37.3. The molecule has 526 valence electrons. The number of halogens is 1. The lowest BCUT2D eigenvalue weighted by Gasteiger charge is -2.00. The molecule has 24 nitrogen and oxygen atoms in total. The number of carbonyl (C=O) groups excluding carboxylic acids is 4. The van der Waals surface area contributed by atoms with Crippen molar-refractivity contribution in [2.45, 2.75) is 27.7 Å². The number of nitriles is 1. The Morgan fingerprint density at radius 1 is 0.369 bits per heavy atom. The van der Waals surface area contributed by atoms with Crippen molar-refractivity contribution in [2.24, 2.45) is 0 Å². The molecule has 5 aromatic carbocycles. The predicted molar refractivity (Wildman–Crippen MR) is 393 cm³/mol. The molecular weight excluding hydrogens is 1370 g/mol. The lowest BCUT2D eigenvalue weighted by molar-refractivity contribution is -0.604. The summed E-state index contributed by atoms with van der Waals surface area (Å²) in [6, 6.07) is 74.6. The van der Waals surface area contributed by atoms with Crippen molar-refractivity contribution < 1.29 is 60.7 Å². The van der Waals surface area contributed by atoms with Gasteiger partial charge in [-0.2, -0.15) is 5.26 Å². The first kappa shape index (κ1) is 79.0. The summed E-state index contributed by atoms with van der Waals surface area (Å²) in [4.78, 5) is 56.2. The zero-order chi connectivity index (χ0) is 68.5. The van der Waals surface area contributed by atoms with Crippen molar-refractivity contribution in [3.05, 3.63) is 332 Å². The number of pyridine rings is 5. The molecule has 0 saturated heterocycles. The largest absolute Gasteiger partial charge is 0.497 e. The third kappa shape index (κ3) is 17.7. The molecule has 0 saturated carbocycles. The fraction of sp³-hybridized carbons (Fsp3) is 0.103. The van der Waals surface area contributed by atoms with Gasteiger partial charge in [0.2, 0.25) is 33.4 Å². The van der Waals surface area contributed by atoms with Crippen molar-refractivity contribution in [1.82, 2.24) is 49.5 Å². The van der Waals surface area contributed by atoms with Crippen molar-refractivity contribution in [3.8, 4) is 40.3 Å². The Balaban J connectivity index is 0.000000200. The highest BCUT2D eigenvalue weighted by Crippen LogP contribution is 2.18. The number of hydrogen-bond acceptors (Lipinski definition) is 14. The number of esters is 3. The second-order valence-corrected chi connectivity index (χ2v) is 21.8. The molecule has 0 N–H and O–H groups in total. The molecule has 0 aliphatic carbocycles. The predicted octanol–water partition coefficient (Wildman–Crippen LogP) is 11.7. The van der Waals surface area contributed by atoms with Crippen LogP contribution in [0, 0.1) is 48.5 Å². The molecule has 0 aliphatic rings. The third-order valence-electron chi connectivity index (χ3n) is 14.6. The minimum Gasteiger partial charge on any atom is -0.497 e. The highest BCUT2D eigenvalue weighted by Gasteiger charge is 2.31. The van der Waals surface area contributed by atoms with Gasteiger partial charge in [0.25, 0.3) is 5.69 Å². The number of rotatable bonds is 13. The van der Waals surface area contributed by atoms with Crippen LogP contribution in [0.4, 0.5) is 0 Å². The van der Waals surface area contributed by atoms with Gasteiger partial charge in [0.05, 0.1) is 52.4 Å². The van der Waals surface area contributed by atoms with Gasteiger partial charge in [-0.25, -0.2) is 14.4 Å². The number of para-hydroxylation sites is 3. The molecule has 0 fully saturated rings. The number of aromatic nitrogens is 15. The summed E-state index contributed by atoms with van der Waals surface area (Å²) in [6.07, 6.45) is 9.33. The second-order valence-electron chi connectivity index (χ2n) is 20.9. The number of ether oxygens (including phenoxy) is 4. The van der Waals surface area contributed by atoms with Gasteiger partial charge in [0.1, 0.15) is 65.2 Å². The number of fused-ring (bicyclic) bond motifs is 5. The van der Waals surface area contributed by atoms with Gasteiger partial charge in [-0.3, -0.25) is 4.79 Å². The first-order valence-corrected chi connectivity index (χ1v) is 31.7. The molecule has 0 unspecified atom stereocenters. The molecule has 0 atom stereocenters. The Morgan fingerprint density at radius 3 is 0.932 bits per heavy atom. The first-order valence-electron chi connectivity index (χ1n) is 30.9. The van der Waals surface area contributed by atoms with Crippen LogP contribution in [-0.2, 0) is 14.2 Å². The number of Topliss-reactive ketones (excluding diaryl/α,β-unsaturated/α-hetero) is 1. The van der Waals surface area contributed by atoms with Crippen LogP contribution in [0.5, 0.6) is 5.75 Å². The number of hydrogen-bond donors (Lipinski definition) is 0. The van der Waals surface area contributed by atoms with E-state index in [1.807, 2.05) is 280 Å². The SMILES string of the molecule is CC(=O)c1nn(-c2ccccc2)[n+]2ccccc12.CCOC(=O)c1nn(-c2ccc(Br)cc2)[n+]2ccccc12.CCOC(=O)c1nn(-c2ccc(OC)cc2)[n+]2ccccc12.CCOC(=O)c1nn(-c2ccccc2)[n+]2ccccc12.N#Cc1nn(-c2ccccc2)[n+]2ccccc12.[CH3-].[CH3-].[CH3-].[CH3-].[CH3-]. The van der Waals surface area contributed by atoms with Crippen molar-refractivity contribution in [3.63, 3.8) is 0 Å². The summed E-state index contributed by atoms with van der Waals surface area (Å²) < 4.78 is 30.5. The highest BCUT2D eigenvalue weighted by atomic mass is 79.9. The summed E-state index contributed by atoms with van der Waals surface area (Å²) in [6.45, 7) is 7.82. The smallest absolute Gasteiger partial charge is 0.390 e. The molecule has 0 amide bonds. The van der Waals surface area contributed by atoms with Crippen LogP contribution in [0.25, 0.3) is 56.0 Å². The van der Waals surface area contributed by atoms with Gasteiger partial charge < -0.3 is 56.1 Å². The van der Waals surface area contributed by atoms with E-state index in [0.29, 0.717) is 59.3 Å². The van der Waals surface area contributed by atoms with Crippen LogP contribution in [-0.4, -0.2) is 100 Å². The van der Waals surface area contributed by atoms with E-state index >= 15 is 0 Å². The monoisotopic (exact) mass is 1450 g/mol. The minimum atomic E-state index is -0.432. The Kier molecular flexibility index (Phi) is 28.6. The van der Waals surface area contributed by atoms with E-state index in [-0.39, 0.29) is 42.9 Å². The molecule has 10 heterocycles. The van der Waals surface area contributed by atoms with Gasteiger partial charge >= 0.3 is 40.7 Å². The first-order chi connectivity index (χ1) is 47.9. The molecule has 103 heavy (non-hydrogen) atoms. The lowest BCUT2D eigenvalue weighted by Crippen LogP contribution is -2.31. The van der Waals surface area contributed by atoms with E-state index in [0.717, 1.165) is 55.2 Å². The fourth-order valence-corrected chi connectivity index (χ4v) is 10.4. The average Bonchev–Trinajstić information content (AvgIpc) is 1.63. The van der Waals surface area contributed by atoms with Crippen molar-refractivity contribution >= 4 is 67.2 Å². The van der Waals surface area contributed by atoms with Crippen LogP contribution in [0.15, 0.2) is 266 Å². The summed E-state index contributed by atoms with van der Waals surface area (Å²) in [5.74, 6) is -0.536. The van der Waals surface area contributed by atoms with Gasteiger partial charge in [0.15, 0.2) is 6.07 Å². The normalized spacial score (nSPS) is 10.1. The zero-order valence-corrected chi connectivity index (χ0v) is 60.3. The van der Waals surface area contributed by atoms with Crippen molar-refractivity contribution in [2.75, 3.05) is 26.9 Å². The molecule has 10 aromatic heterocycles. The van der Waals surface area contributed by atoms with E-state index in [2.05, 4.69) is 47.5 Å². The molecule has 0 spiro atoms. The maximum Gasteiger partial charge on any atom is 0.390 e. The van der Waals surface area contributed by atoms with Gasteiger partial charge in [-0.1, -0.05) is 101 Å². The maximum atomic E-state index is 12.1. The lowest BCUT2D eigenvalue weighted by atomic mass is 10.2. The van der Waals surface area contributed by atoms with Gasteiger partial charge in [0, 0.05) is 11.4 Å². The van der Waals surface area contributed by atoms with Crippen LogP contribution in [0.1, 0.15) is 75.3 Å². The van der Waals surface area contributed by atoms with E-state index in [4.69, 9.17) is 24.2 Å². The quantitative estimate of drug-likeness (QED) is 0.0343. The maximum absolute atomic E-state index is 12.1. The van der Waals surface area contributed by atoms with Crippen LogP contribution >= 0.6 is 15.9 Å². The molecule has 0 bridgehead atoms. The average molecular weight is 1450 g/mol. The molecule has 0 aliphatic heterocycles. The molecule has 15 rings (SSSR count). The number of benzene rings is 5. The number of nitrogens with zero attached hydrogens (tertiary/aromatic N) is 16. The Labute approximate surface area is 605 Å². The van der Waals surface area contributed by atoms with E-state index in [1.54, 1.807) is 56.4 Å². The van der Waals surface area contributed by atoms with E-state index in [1.165, 1.54) is 6.92 Å². The molecular formula is C78H79BrN16O8. The third-order valence-corrected chi connectivity index (χ3v) is 15.1. The number of ketones is 1.